The molecule has 0 bridgehead atoms. The summed E-state index contributed by atoms with van der Waals surface area (Å²) in [5, 5.41) is 9.52. The van der Waals surface area contributed by atoms with E-state index in [1.54, 1.807) is 0 Å². The Kier molecular flexibility index (Phi) is 2.44. The highest BCUT2D eigenvalue weighted by Crippen LogP contribution is 2.36. The molecule has 2 aromatic carbocycles. The molecule has 2 N–H and O–H groups in total. The minimum Gasteiger partial charge on any atom is -0.395 e. The lowest BCUT2D eigenvalue weighted by molar-refractivity contribution is 1.02. The van der Waals surface area contributed by atoms with Gasteiger partial charge in [-0.3, -0.25) is 4.40 Å². The summed E-state index contributed by atoms with van der Waals surface area (Å²) in [4.78, 5) is 0. The van der Waals surface area contributed by atoms with Gasteiger partial charge in [0.05, 0.1) is 11.2 Å². The van der Waals surface area contributed by atoms with Gasteiger partial charge >= 0.3 is 0 Å². The van der Waals surface area contributed by atoms with Crippen LogP contribution < -0.4 is 5.73 Å². The molecule has 4 heteroatoms. The highest BCUT2D eigenvalue weighted by atomic mass is 15.3. The lowest BCUT2D eigenvalue weighted by atomic mass is 9.99. The molecule has 0 radical (unpaired) electrons. The third-order valence-electron chi connectivity index (χ3n) is 3.81. The highest BCUT2D eigenvalue weighted by Gasteiger charge is 2.16. The van der Waals surface area contributed by atoms with Crippen molar-refractivity contribution >= 4 is 22.2 Å². The molecule has 0 saturated heterocycles. The van der Waals surface area contributed by atoms with Crippen LogP contribution in [0.1, 0.15) is 5.82 Å². The van der Waals surface area contributed by atoms with Crippen LogP contribution in [-0.4, -0.2) is 14.6 Å². The second kappa shape index (κ2) is 4.31. The summed E-state index contributed by atoms with van der Waals surface area (Å²) in [6.07, 6.45) is 0. The number of hydrogen-bond acceptors (Lipinski definition) is 3. The normalized spacial score (nSPS) is 11.3. The van der Waals surface area contributed by atoms with Gasteiger partial charge in [0.25, 0.3) is 0 Å². The van der Waals surface area contributed by atoms with E-state index in [-0.39, 0.29) is 0 Å². The predicted molar refractivity (Wildman–Crippen MR) is 85.1 cm³/mol. The summed E-state index contributed by atoms with van der Waals surface area (Å²) in [5.41, 5.74) is 11.0. The molecule has 0 spiro atoms. The molecule has 2 aromatic heterocycles. The van der Waals surface area contributed by atoms with Crippen molar-refractivity contribution in [2.75, 3.05) is 5.73 Å². The molecule has 0 amide bonds. The molecule has 2 heterocycles. The lowest BCUT2D eigenvalue weighted by Gasteiger charge is -2.13. The van der Waals surface area contributed by atoms with Crippen LogP contribution in [0.3, 0.4) is 0 Å². The van der Waals surface area contributed by atoms with Gasteiger partial charge in [0, 0.05) is 10.9 Å². The minimum absolute atomic E-state index is 0.667. The Morgan fingerprint density at radius 1 is 0.905 bits per heavy atom. The number of fused-ring (bicyclic) bond motifs is 3. The molecule has 0 saturated carbocycles. The Balaban J connectivity index is 2.26. The molecular formula is C17H14N4. The number of anilines is 1. The van der Waals surface area contributed by atoms with Crippen molar-refractivity contribution in [2.45, 2.75) is 6.92 Å². The number of rotatable bonds is 1. The van der Waals surface area contributed by atoms with E-state index in [4.69, 9.17) is 5.73 Å². The van der Waals surface area contributed by atoms with Crippen LogP contribution in [-0.2, 0) is 0 Å². The predicted octanol–water partition coefficient (Wildman–Crippen LogP) is 3.44. The zero-order chi connectivity index (χ0) is 14.4. The average Bonchev–Trinajstić information content (AvgIpc) is 2.91. The first kappa shape index (κ1) is 11.9. The van der Waals surface area contributed by atoms with Crippen LogP contribution >= 0.6 is 0 Å². The summed E-state index contributed by atoms with van der Waals surface area (Å²) in [6.45, 7) is 1.94. The topological polar surface area (TPSA) is 56.2 Å². The third-order valence-corrected chi connectivity index (χ3v) is 3.81. The number of nitrogens with two attached hydrogens (primary N) is 1. The number of aromatic nitrogens is 3. The van der Waals surface area contributed by atoms with Crippen molar-refractivity contribution in [3.05, 3.63) is 60.4 Å². The third kappa shape index (κ3) is 1.62. The Labute approximate surface area is 121 Å². The van der Waals surface area contributed by atoms with E-state index in [0.717, 1.165) is 27.9 Å². The molecule has 4 rings (SSSR count). The van der Waals surface area contributed by atoms with Gasteiger partial charge in [-0.05, 0) is 18.6 Å². The zero-order valence-electron chi connectivity index (χ0n) is 11.6. The van der Waals surface area contributed by atoms with Crippen LogP contribution in [0, 0.1) is 6.92 Å². The summed E-state index contributed by atoms with van der Waals surface area (Å²) >= 11 is 0. The summed E-state index contributed by atoms with van der Waals surface area (Å²) in [7, 11) is 0. The number of hydrogen-bond donors (Lipinski definition) is 1. The van der Waals surface area contributed by atoms with E-state index in [1.165, 1.54) is 0 Å². The smallest absolute Gasteiger partial charge is 0.185 e. The van der Waals surface area contributed by atoms with Crippen LogP contribution in [0.15, 0.2) is 54.6 Å². The number of pyridine rings is 1. The number of nitrogen functional groups attached to an aromatic ring is 1. The van der Waals surface area contributed by atoms with Gasteiger partial charge in [-0.25, -0.2) is 0 Å². The Hall–Kier alpha value is -2.88. The molecule has 0 aliphatic heterocycles. The van der Waals surface area contributed by atoms with E-state index in [9.17, 15) is 0 Å². The summed E-state index contributed by atoms with van der Waals surface area (Å²) in [6, 6.07) is 18.4. The van der Waals surface area contributed by atoms with Crippen molar-refractivity contribution < 1.29 is 0 Å². The molecule has 0 atom stereocenters. The van der Waals surface area contributed by atoms with Crippen molar-refractivity contribution in [1.82, 2.24) is 14.6 Å². The lowest BCUT2D eigenvalue weighted by Crippen LogP contribution is -2.00. The number of aryl methyl sites for hydroxylation is 1. The monoisotopic (exact) mass is 274 g/mol. The van der Waals surface area contributed by atoms with Gasteiger partial charge in [-0.15, -0.1) is 10.2 Å². The maximum atomic E-state index is 6.41. The van der Waals surface area contributed by atoms with Gasteiger partial charge in [0.2, 0.25) is 0 Å². The first-order valence-corrected chi connectivity index (χ1v) is 6.84. The minimum atomic E-state index is 0.667. The molecular weight excluding hydrogens is 260 g/mol. The number of para-hydroxylation sites is 1. The fraction of sp³-hybridized carbons (Fsp3) is 0.0588. The molecule has 0 aliphatic rings. The Morgan fingerprint density at radius 3 is 2.43 bits per heavy atom. The Bertz CT molecular complexity index is 955. The van der Waals surface area contributed by atoms with Crippen LogP contribution in [0.2, 0.25) is 0 Å². The zero-order valence-corrected chi connectivity index (χ0v) is 11.6. The van der Waals surface area contributed by atoms with Crippen LogP contribution in [0.5, 0.6) is 0 Å². The number of benzene rings is 2. The van der Waals surface area contributed by atoms with Gasteiger partial charge < -0.3 is 5.73 Å². The quantitative estimate of drug-likeness (QED) is 0.578. The van der Waals surface area contributed by atoms with Crippen molar-refractivity contribution in [1.29, 1.82) is 0 Å². The summed E-state index contributed by atoms with van der Waals surface area (Å²) < 4.78 is 2.01. The van der Waals surface area contributed by atoms with E-state index < -0.39 is 0 Å². The summed E-state index contributed by atoms with van der Waals surface area (Å²) in [5.74, 6) is 0.840. The molecule has 0 aliphatic carbocycles. The van der Waals surface area contributed by atoms with Gasteiger partial charge in [0.1, 0.15) is 5.82 Å². The largest absolute Gasteiger partial charge is 0.395 e. The Morgan fingerprint density at radius 2 is 1.62 bits per heavy atom. The van der Waals surface area contributed by atoms with E-state index >= 15 is 0 Å². The van der Waals surface area contributed by atoms with E-state index in [0.29, 0.717) is 11.3 Å². The number of nitrogens with zero attached hydrogens (tertiary/aromatic N) is 3. The highest BCUT2D eigenvalue weighted by molar-refractivity contribution is 6.05. The van der Waals surface area contributed by atoms with Gasteiger partial charge in [0.15, 0.2) is 5.65 Å². The fourth-order valence-corrected chi connectivity index (χ4v) is 2.88. The van der Waals surface area contributed by atoms with Gasteiger partial charge in [-0.1, -0.05) is 48.5 Å². The maximum absolute atomic E-state index is 6.41. The first-order chi connectivity index (χ1) is 10.3. The second-order valence-electron chi connectivity index (χ2n) is 5.08. The van der Waals surface area contributed by atoms with Crippen LogP contribution in [0.25, 0.3) is 27.7 Å². The van der Waals surface area contributed by atoms with Gasteiger partial charge in [-0.2, -0.15) is 0 Å². The second-order valence-corrected chi connectivity index (χ2v) is 5.08. The first-order valence-electron chi connectivity index (χ1n) is 6.84. The molecule has 4 nitrogen and oxygen atoms in total. The molecule has 0 unspecified atom stereocenters. The SMILES string of the molecule is Cc1nnc2c(N)c(-c3ccccc3)c3ccccc3n12. The van der Waals surface area contributed by atoms with Crippen molar-refractivity contribution in [3.8, 4) is 11.1 Å². The van der Waals surface area contributed by atoms with E-state index in [2.05, 4.69) is 34.5 Å². The fourth-order valence-electron chi connectivity index (χ4n) is 2.88. The van der Waals surface area contributed by atoms with Crippen molar-refractivity contribution in [3.63, 3.8) is 0 Å². The molecule has 21 heavy (non-hydrogen) atoms. The molecule has 0 fully saturated rings. The maximum Gasteiger partial charge on any atom is 0.185 e. The molecule has 102 valence electrons. The molecule has 4 aromatic rings. The average molecular weight is 274 g/mol. The van der Waals surface area contributed by atoms with E-state index in [1.807, 2.05) is 41.7 Å². The van der Waals surface area contributed by atoms with Crippen molar-refractivity contribution in [2.24, 2.45) is 0 Å². The standard InChI is InChI=1S/C17H14N4/c1-11-19-20-17-16(18)15(12-7-3-2-4-8-12)13-9-5-6-10-14(13)21(11)17/h2-10H,18H2,1H3. The van der Waals surface area contributed by atoms with Crippen LogP contribution in [0.4, 0.5) is 5.69 Å².